The van der Waals surface area contributed by atoms with E-state index in [4.69, 9.17) is 11.1 Å². The summed E-state index contributed by atoms with van der Waals surface area (Å²) >= 11 is 0. The van der Waals surface area contributed by atoms with Crippen molar-refractivity contribution >= 4 is 17.3 Å². The van der Waals surface area contributed by atoms with Crippen LogP contribution in [-0.2, 0) is 0 Å². The summed E-state index contributed by atoms with van der Waals surface area (Å²) in [7, 11) is 0. The average molecular weight is 233 g/mol. The highest BCUT2D eigenvalue weighted by Crippen LogP contribution is 2.16. The zero-order valence-electron chi connectivity index (χ0n) is 10.3. The molecule has 1 rings (SSSR count). The Morgan fingerprint density at radius 3 is 2.71 bits per heavy atom. The Bertz CT molecular complexity index is 427. The highest BCUT2D eigenvalue weighted by Gasteiger charge is 2.02. The molecular weight excluding hydrogens is 214 g/mol. The first-order valence-electron chi connectivity index (χ1n) is 5.69. The minimum absolute atomic E-state index is 0.0798. The second-order valence-corrected chi connectivity index (χ2v) is 4.14. The van der Waals surface area contributed by atoms with E-state index in [9.17, 15) is 4.79 Å². The van der Waals surface area contributed by atoms with Crippen LogP contribution in [-0.4, -0.2) is 18.2 Å². The SMILES string of the molecule is CC(=O)c1ccc(NCCCC(=N)N)c(C)c1. The Kier molecular flexibility index (Phi) is 4.69. The summed E-state index contributed by atoms with van der Waals surface area (Å²) in [5.74, 6) is 0.298. The van der Waals surface area contributed by atoms with Gasteiger partial charge in [-0.25, -0.2) is 0 Å². The Morgan fingerprint density at radius 2 is 2.18 bits per heavy atom. The van der Waals surface area contributed by atoms with Crippen molar-refractivity contribution < 1.29 is 4.79 Å². The number of rotatable bonds is 6. The van der Waals surface area contributed by atoms with Crippen LogP contribution in [0.4, 0.5) is 5.69 Å². The molecule has 0 amide bonds. The van der Waals surface area contributed by atoms with Gasteiger partial charge in [-0.2, -0.15) is 0 Å². The normalized spacial score (nSPS) is 10.0. The van der Waals surface area contributed by atoms with E-state index in [-0.39, 0.29) is 11.6 Å². The topological polar surface area (TPSA) is 79.0 Å². The molecule has 0 spiro atoms. The van der Waals surface area contributed by atoms with Gasteiger partial charge in [-0.3, -0.25) is 10.2 Å². The first kappa shape index (κ1) is 13.2. The van der Waals surface area contributed by atoms with Crippen molar-refractivity contribution in [3.05, 3.63) is 29.3 Å². The fraction of sp³-hybridized carbons (Fsp3) is 0.385. The molecule has 0 saturated carbocycles. The van der Waals surface area contributed by atoms with E-state index < -0.39 is 0 Å². The summed E-state index contributed by atoms with van der Waals surface area (Å²) in [5, 5.41) is 10.4. The van der Waals surface area contributed by atoms with Crippen molar-refractivity contribution in [1.82, 2.24) is 0 Å². The molecule has 1 aromatic rings. The van der Waals surface area contributed by atoms with Gasteiger partial charge in [-0.05, 0) is 44.0 Å². The molecule has 0 aromatic heterocycles. The molecule has 0 saturated heterocycles. The number of benzene rings is 1. The van der Waals surface area contributed by atoms with Crippen LogP contribution in [0.5, 0.6) is 0 Å². The van der Waals surface area contributed by atoms with Crippen molar-refractivity contribution in [2.75, 3.05) is 11.9 Å². The molecular formula is C13H19N3O. The Labute approximate surface area is 102 Å². The van der Waals surface area contributed by atoms with Gasteiger partial charge in [0.15, 0.2) is 5.78 Å². The molecule has 17 heavy (non-hydrogen) atoms. The number of Topliss-reactive ketones (excluding diaryl/α,β-unsaturated/α-hetero) is 1. The van der Waals surface area contributed by atoms with E-state index in [2.05, 4.69) is 5.32 Å². The smallest absolute Gasteiger partial charge is 0.159 e. The quantitative estimate of drug-likeness (QED) is 0.305. The number of anilines is 1. The fourth-order valence-corrected chi connectivity index (χ4v) is 1.58. The zero-order chi connectivity index (χ0) is 12.8. The molecule has 0 aliphatic carbocycles. The van der Waals surface area contributed by atoms with E-state index in [1.54, 1.807) is 6.92 Å². The second-order valence-electron chi connectivity index (χ2n) is 4.14. The summed E-state index contributed by atoms with van der Waals surface area (Å²) in [6, 6.07) is 5.62. The lowest BCUT2D eigenvalue weighted by molar-refractivity contribution is 0.101. The van der Waals surface area contributed by atoms with Gasteiger partial charge >= 0.3 is 0 Å². The van der Waals surface area contributed by atoms with E-state index in [0.29, 0.717) is 6.42 Å². The van der Waals surface area contributed by atoms with Crippen LogP contribution >= 0.6 is 0 Å². The van der Waals surface area contributed by atoms with Gasteiger partial charge in [0.05, 0.1) is 5.84 Å². The van der Waals surface area contributed by atoms with E-state index in [1.165, 1.54) is 0 Å². The van der Waals surface area contributed by atoms with Crippen molar-refractivity contribution in [2.24, 2.45) is 5.73 Å². The third-order valence-electron chi connectivity index (χ3n) is 2.57. The predicted octanol–water partition coefficient (Wildman–Crippen LogP) is 2.33. The van der Waals surface area contributed by atoms with Crippen LogP contribution in [0.2, 0.25) is 0 Å². The number of ketones is 1. The first-order valence-corrected chi connectivity index (χ1v) is 5.69. The van der Waals surface area contributed by atoms with Gasteiger partial charge < -0.3 is 11.1 Å². The number of aryl methyl sites for hydroxylation is 1. The van der Waals surface area contributed by atoms with Gasteiger partial charge in [0.25, 0.3) is 0 Å². The van der Waals surface area contributed by atoms with E-state index in [1.807, 2.05) is 25.1 Å². The minimum atomic E-state index is 0.0798. The number of carbonyl (C=O) groups is 1. The van der Waals surface area contributed by atoms with Crippen LogP contribution in [0.15, 0.2) is 18.2 Å². The number of carbonyl (C=O) groups excluding carboxylic acids is 1. The van der Waals surface area contributed by atoms with Crippen LogP contribution in [0.3, 0.4) is 0 Å². The summed E-state index contributed by atoms with van der Waals surface area (Å²) in [4.78, 5) is 11.2. The van der Waals surface area contributed by atoms with E-state index in [0.717, 1.165) is 29.8 Å². The zero-order valence-corrected chi connectivity index (χ0v) is 10.3. The molecule has 4 N–H and O–H groups in total. The van der Waals surface area contributed by atoms with Crippen LogP contribution < -0.4 is 11.1 Å². The lowest BCUT2D eigenvalue weighted by Gasteiger charge is -2.10. The molecule has 0 aliphatic heterocycles. The van der Waals surface area contributed by atoms with Gasteiger partial charge in [-0.1, -0.05) is 0 Å². The number of hydrogen-bond donors (Lipinski definition) is 3. The molecule has 0 atom stereocenters. The molecule has 1 aromatic carbocycles. The molecule has 92 valence electrons. The maximum atomic E-state index is 11.2. The number of amidine groups is 1. The second kappa shape index (κ2) is 6.03. The van der Waals surface area contributed by atoms with Crippen LogP contribution in [0.1, 0.15) is 35.7 Å². The van der Waals surface area contributed by atoms with Crippen molar-refractivity contribution in [3.8, 4) is 0 Å². The molecule has 0 radical (unpaired) electrons. The minimum Gasteiger partial charge on any atom is -0.388 e. The van der Waals surface area contributed by atoms with Gasteiger partial charge in [-0.15, -0.1) is 0 Å². The number of nitrogens with one attached hydrogen (secondary N) is 2. The highest BCUT2D eigenvalue weighted by atomic mass is 16.1. The third-order valence-corrected chi connectivity index (χ3v) is 2.57. The molecule has 4 heteroatoms. The first-order chi connectivity index (χ1) is 8.00. The van der Waals surface area contributed by atoms with Crippen molar-refractivity contribution in [1.29, 1.82) is 5.41 Å². The largest absolute Gasteiger partial charge is 0.388 e. The molecule has 0 bridgehead atoms. The fourth-order valence-electron chi connectivity index (χ4n) is 1.58. The maximum Gasteiger partial charge on any atom is 0.159 e. The Balaban J connectivity index is 2.54. The monoisotopic (exact) mass is 233 g/mol. The highest BCUT2D eigenvalue weighted by molar-refractivity contribution is 5.94. The Morgan fingerprint density at radius 1 is 1.47 bits per heavy atom. The standard InChI is InChI=1S/C13H19N3O/c1-9-8-11(10(2)17)5-6-12(9)16-7-3-4-13(14)15/h5-6,8,16H,3-4,7H2,1-2H3,(H3,14,15). The molecule has 4 nitrogen and oxygen atoms in total. The summed E-state index contributed by atoms with van der Waals surface area (Å²) in [5.41, 5.74) is 8.09. The molecule has 0 aliphatic rings. The van der Waals surface area contributed by atoms with Crippen LogP contribution in [0.25, 0.3) is 0 Å². The van der Waals surface area contributed by atoms with Crippen molar-refractivity contribution in [3.63, 3.8) is 0 Å². The molecule has 0 fully saturated rings. The lowest BCUT2D eigenvalue weighted by atomic mass is 10.1. The third kappa shape index (κ3) is 4.26. The Hall–Kier alpha value is -1.84. The summed E-state index contributed by atoms with van der Waals surface area (Å²) < 4.78 is 0. The maximum absolute atomic E-state index is 11.2. The number of nitrogens with two attached hydrogens (primary N) is 1. The lowest BCUT2D eigenvalue weighted by Crippen LogP contribution is -2.12. The van der Waals surface area contributed by atoms with Gasteiger partial charge in [0.1, 0.15) is 0 Å². The van der Waals surface area contributed by atoms with E-state index >= 15 is 0 Å². The number of hydrogen-bond acceptors (Lipinski definition) is 3. The van der Waals surface area contributed by atoms with Gasteiger partial charge in [0.2, 0.25) is 0 Å². The van der Waals surface area contributed by atoms with Gasteiger partial charge in [0, 0.05) is 24.2 Å². The molecule has 0 unspecified atom stereocenters. The van der Waals surface area contributed by atoms with Crippen LogP contribution in [0, 0.1) is 12.3 Å². The summed E-state index contributed by atoms with van der Waals surface area (Å²) in [6.07, 6.45) is 1.45. The molecule has 0 heterocycles. The predicted molar refractivity (Wildman–Crippen MR) is 70.8 cm³/mol. The van der Waals surface area contributed by atoms with Crippen molar-refractivity contribution in [2.45, 2.75) is 26.7 Å². The average Bonchev–Trinajstić information content (AvgIpc) is 2.25. The summed E-state index contributed by atoms with van der Waals surface area (Å²) in [6.45, 7) is 4.31.